The van der Waals surface area contributed by atoms with Gasteiger partial charge in [0.05, 0.1) is 6.54 Å². The van der Waals surface area contributed by atoms with E-state index in [2.05, 4.69) is 10.6 Å². The average molecular weight is 371 g/mol. The Morgan fingerprint density at radius 3 is 2.42 bits per heavy atom. The molecule has 0 heterocycles. The van der Waals surface area contributed by atoms with Crippen LogP contribution in [0, 0.1) is 26.7 Å². The highest BCUT2D eigenvalue weighted by molar-refractivity contribution is 6.31. The van der Waals surface area contributed by atoms with Crippen molar-refractivity contribution < 1.29 is 9.59 Å². The third-order valence-corrected chi connectivity index (χ3v) is 5.14. The van der Waals surface area contributed by atoms with E-state index in [1.54, 1.807) is 0 Å². The van der Waals surface area contributed by atoms with Crippen molar-refractivity contribution >= 4 is 29.1 Å². The predicted molar refractivity (Wildman–Crippen MR) is 105 cm³/mol. The maximum atomic E-state index is 12.3. The van der Waals surface area contributed by atoms with Crippen LogP contribution in [0.5, 0.6) is 0 Å². The summed E-state index contributed by atoms with van der Waals surface area (Å²) in [7, 11) is 0. The maximum absolute atomic E-state index is 12.3. The van der Waals surface area contributed by atoms with Crippen molar-refractivity contribution in [3.05, 3.63) is 63.7 Å². The first kappa shape index (κ1) is 18.5. The molecule has 1 aliphatic rings. The summed E-state index contributed by atoms with van der Waals surface area (Å²) >= 11 is 6.19. The van der Waals surface area contributed by atoms with Gasteiger partial charge >= 0.3 is 0 Å². The van der Waals surface area contributed by atoms with Gasteiger partial charge in [-0.3, -0.25) is 9.59 Å². The Bertz CT molecular complexity index is 840. The van der Waals surface area contributed by atoms with Crippen LogP contribution in [0.15, 0.2) is 36.4 Å². The van der Waals surface area contributed by atoms with E-state index in [-0.39, 0.29) is 30.2 Å². The van der Waals surface area contributed by atoms with Crippen molar-refractivity contribution in [2.24, 2.45) is 5.92 Å². The summed E-state index contributed by atoms with van der Waals surface area (Å²) in [4.78, 5) is 24.5. The third kappa shape index (κ3) is 4.07. The van der Waals surface area contributed by atoms with Gasteiger partial charge in [-0.25, -0.2) is 0 Å². The summed E-state index contributed by atoms with van der Waals surface area (Å²) in [5, 5.41) is 6.33. The number of carbonyl (C=O) groups excluding carboxylic acids is 2. The maximum Gasteiger partial charge on any atom is 0.243 e. The molecule has 2 unspecified atom stereocenters. The second kappa shape index (κ2) is 7.50. The first-order chi connectivity index (χ1) is 12.4. The minimum Gasteiger partial charge on any atom is -0.347 e. The quantitative estimate of drug-likeness (QED) is 0.831. The molecule has 26 heavy (non-hydrogen) atoms. The molecule has 1 aliphatic carbocycles. The van der Waals surface area contributed by atoms with Crippen LogP contribution in [0.25, 0.3) is 0 Å². The van der Waals surface area contributed by atoms with Gasteiger partial charge < -0.3 is 10.6 Å². The van der Waals surface area contributed by atoms with Crippen molar-refractivity contribution in [2.45, 2.75) is 33.1 Å². The molecule has 2 N–H and O–H groups in total. The molecule has 136 valence electrons. The molecule has 2 aromatic rings. The van der Waals surface area contributed by atoms with Crippen LogP contribution in [0.4, 0.5) is 5.69 Å². The minimum absolute atomic E-state index is 0.0304. The average Bonchev–Trinajstić information content (AvgIpc) is 3.37. The molecular weight excluding hydrogens is 348 g/mol. The summed E-state index contributed by atoms with van der Waals surface area (Å²) in [6.07, 6.45) is 0.771. The Hall–Kier alpha value is -2.33. The fourth-order valence-corrected chi connectivity index (χ4v) is 3.74. The van der Waals surface area contributed by atoms with Crippen LogP contribution in [0.2, 0.25) is 5.02 Å². The second-order valence-corrected chi connectivity index (χ2v) is 7.42. The zero-order valence-corrected chi connectivity index (χ0v) is 16.0. The smallest absolute Gasteiger partial charge is 0.243 e. The molecule has 0 bridgehead atoms. The normalized spacial score (nSPS) is 18.3. The number of amides is 2. The van der Waals surface area contributed by atoms with Crippen LogP contribution in [-0.4, -0.2) is 18.4 Å². The lowest BCUT2D eigenvalue weighted by atomic mass is 10.1. The Kier molecular flexibility index (Phi) is 5.33. The Balaban J connectivity index is 1.53. The van der Waals surface area contributed by atoms with Gasteiger partial charge in [0.15, 0.2) is 0 Å². The first-order valence-electron chi connectivity index (χ1n) is 8.76. The molecular formula is C21H23ClN2O2. The lowest BCUT2D eigenvalue weighted by Crippen LogP contribution is -2.34. The number of carbonyl (C=O) groups is 2. The summed E-state index contributed by atoms with van der Waals surface area (Å²) in [5.41, 5.74) is 5.01. The molecule has 0 spiro atoms. The highest BCUT2D eigenvalue weighted by atomic mass is 35.5. The van der Waals surface area contributed by atoms with Crippen LogP contribution < -0.4 is 10.6 Å². The number of benzene rings is 2. The lowest BCUT2D eigenvalue weighted by Gasteiger charge is -2.13. The van der Waals surface area contributed by atoms with Gasteiger partial charge in [0.1, 0.15) is 0 Å². The monoisotopic (exact) mass is 370 g/mol. The summed E-state index contributed by atoms with van der Waals surface area (Å²) in [6.45, 7) is 5.92. The van der Waals surface area contributed by atoms with Gasteiger partial charge in [0, 0.05) is 16.6 Å². The van der Waals surface area contributed by atoms with Crippen LogP contribution in [-0.2, 0) is 9.59 Å². The predicted octanol–water partition coefficient (Wildman–Crippen LogP) is 4.12. The standard InChI is InChI=1S/C21H23ClN2O2/c1-12-8-13(2)20(14(3)9-12)24-19(25)11-23-21(26)17-10-16(17)15-6-4-5-7-18(15)22/h4-9,16-17H,10-11H2,1-3H3,(H,23,26)(H,24,25). The Labute approximate surface area is 158 Å². The summed E-state index contributed by atoms with van der Waals surface area (Å²) < 4.78 is 0. The van der Waals surface area contributed by atoms with E-state index < -0.39 is 0 Å². The van der Waals surface area contributed by atoms with E-state index >= 15 is 0 Å². The molecule has 2 atom stereocenters. The van der Waals surface area contributed by atoms with Gasteiger partial charge in [-0.1, -0.05) is 47.5 Å². The fraction of sp³-hybridized carbons (Fsp3) is 0.333. The molecule has 2 amide bonds. The second-order valence-electron chi connectivity index (χ2n) is 7.01. The molecule has 0 saturated heterocycles. The molecule has 1 fully saturated rings. The zero-order chi connectivity index (χ0) is 18.8. The van der Waals surface area contributed by atoms with E-state index in [0.717, 1.165) is 34.4 Å². The lowest BCUT2D eigenvalue weighted by molar-refractivity contribution is -0.125. The third-order valence-electron chi connectivity index (χ3n) is 4.80. The van der Waals surface area contributed by atoms with E-state index in [1.165, 1.54) is 0 Å². The number of anilines is 1. The largest absolute Gasteiger partial charge is 0.347 e. The van der Waals surface area contributed by atoms with Crippen molar-refractivity contribution in [2.75, 3.05) is 11.9 Å². The number of rotatable bonds is 5. The van der Waals surface area contributed by atoms with Crippen LogP contribution in [0.1, 0.15) is 34.6 Å². The highest BCUT2D eigenvalue weighted by Gasteiger charge is 2.44. The van der Waals surface area contributed by atoms with E-state index in [4.69, 9.17) is 11.6 Å². The first-order valence-corrected chi connectivity index (χ1v) is 9.14. The Morgan fingerprint density at radius 1 is 1.12 bits per heavy atom. The molecule has 0 radical (unpaired) electrons. The zero-order valence-electron chi connectivity index (χ0n) is 15.2. The molecule has 1 saturated carbocycles. The molecule has 4 nitrogen and oxygen atoms in total. The van der Waals surface area contributed by atoms with Gasteiger partial charge in [0.25, 0.3) is 0 Å². The number of aryl methyl sites for hydroxylation is 3. The van der Waals surface area contributed by atoms with Gasteiger partial charge in [-0.05, 0) is 55.9 Å². The minimum atomic E-state index is -0.219. The van der Waals surface area contributed by atoms with Gasteiger partial charge in [-0.15, -0.1) is 0 Å². The van der Waals surface area contributed by atoms with Crippen molar-refractivity contribution in [1.29, 1.82) is 0 Å². The molecule has 3 rings (SSSR count). The summed E-state index contributed by atoms with van der Waals surface area (Å²) in [5.74, 6) is -0.273. The molecule has 5 heteroatoms. The van der Waals surface area contributed by atoms with Crippen molar-refractivity contribution in [1.82, 2.24) is 5.32 Å². The molecule has 0 aromatic heterocycles. The number of nitrogens with one attached hydrogen (secondary N) is 2. The summed E-state index contributed by atoms with van der Waals surface area (Å²) in [6, 6.07) is 11.6. The van der Waals surface area contributed by atoms with E-state index in [9.17, 15) is 9.59 Å². The van der Waals surface area contributed by atoms with Crippen LogP contribution >= 0.6 is 11.6 Å². The highest BCUT2D eigenvalue weighted by Crippen LogP contribution is 2.49. The Morgan fingerprint density at radius 2 is 1.77 bits per heavy atom. The molecule has 2 aromatic carbocycles. The van der Waals surface area contributed by atoms with Gasteiger partial charge in [0.2, 0.25) is 11.8 Å². The molecule has 0 aliphatic heterocycles. The fourth-order valence-electron chi connectivity index (χ4n) is 3.46. The topological polar surface area (TPSA) is 58.2 Å². The van der Waals surface area contributed by atoms with Crippen molar-refractivity contribution in [3.63, 3.8) is 0 Å². The SMILES string of the molecule is Cc1cc(C)c(NC(=O)CNC(=O)C2CC2c2ccccc2Cl)c(C)c1. The van der Waals surface area contributed by atoms with E-state index in [1.807, 2.05) is 57.2 Å². The van der Waals surface area contributed by atoms with Crippen molar-refractivity contribution in [3.8, 4) is 0 Å². The number of halogens is 1. The number of hydrogen-bond donors (Lipinski definition) is 2. The van der Waals surface area contributed by atoms with E-state index in [0.29, 0.717) is 5.02 Å². The number of hydrogen-bond acceptors (Lipinski definition) is 2. The van der Waals surface area contributed by atoms with Crippen LogP contribution in [0.3, 0.4) is 0 Å². The van der Waals surface area contributed by atoms with Gasteiger partial charge in [-0.2, -0.15) is 0 Å².